The van der Waals surface area contributed by atoms with Crippen molar-refractivity contribution in [2.24, 2.45) is 0 Å². The van der Waals surface area contributed by atoms with Crippen molar-refractivity contribution in [2.45, 2.75) is 19.9 Å². The molecule has 0 bridgehead atoms. The van der Waals surface area contributed by atoms with Crippen LogP contribution in [0, 0.1) is 6.92 Å². The third-order valence-corrected chi connectivity index (χ3v) is 4.02. The number of hydrogen-bond donors (Lipinski definition) is 2. The number of anilines is 2. The molecular weight excluding hydrogens is 258 g/mol. The van der Waals surface area contributed by atoms with E-state index in [1.165, 1.54) is 0 Å². The number of likely N-dealkylation sites (N-methyl/N-ethyl adjacent to an activating group) is 1. The van der Waals surface area contributed by atoms with Crippen LogP contribution in [0.2, 0.25) is 0 Å². The molecule has 19 heavy (non-hydrogen) atoms. The van der Waals surface area contributed by atoms with Crippen molar-refractivity contribution in [1.29, 1.82) is 0 Å². The van der Waals surface area contributed by atoms with Gasteiger partial charge in [-0.2, -0.15) is 11.8 Å². The van der Waals surface area contributed by atoms with Crippen molar-refractivity contribution in [1.82, 2.24) is 4.90 Å². The Kier molecular flexibility index (Phi) is 6.18. The van der Waals surface area contributed by atoms with Crippen molar-refractivity contribution in [3.8, 4) is 0 Å². The normalized spacial score (nSPS) is 12.5. The van der Waals surface area contributed by atoms with Crippen LogP contribution in [0.1, 0.15) is 12.5 Å². The molecule has 1 atom stereocenters. The largest absolute Gasteiger partial charge is 0.398 e. The number of hydrogen-bond acceptors (Lipinski definition) is 4. The zero-order valence-corrected chi connectivity index (χ0v) is 12.9. The Morgan fingerprint density at radius 2 is 2.21 bits per heavy atom. The van der Waals surface area contributed by atoms with Crippen molar-refractivity contribution in [2.75, 3.05) is 36.7 Å². The van der Waals surface area contributed by atoms with E-state index >= 15 is 0 Å². The van der Waals surface area contributed by atoms with Gasteiger partial charge in [-0.15, -0.1) is 0 Å². The second-order valence-corrected chi connectivity index (χ2v) is 5.70. The van der Waals surface area contributed by atoms with Crippen LogP contribution < -0.4 is 11.1 Å². The Morgan fingerprint density at radius 1 is 1.53 bits per heavy atom. The van der Waals surface area contributed by atoms with Crippen LogP contribution in [0.15, 0.2) is 18.2 Å². The molecule has 3 N–H and O–H groups in total. The first-order valence-electron chi connectivity index (χ1n) is 6.29. The summed E-state index contributed by atoms with van der Waals surface area (Å²) < 4.78 is 0. The molecule has 106 valence electrons. The molecule has 1 unspecified atom stereocenters. The number of nitrogen functional groups attached to an aromatic ring is 1. The van der Waals surface area contributed by atoms with Crippen LogP contribution in [0.25, 0.3) is 0 Å². The summed E-state index contributed by atoms with van der Waals surface area (Å²) in [4.78, 5) is 14.0. The molecule has 0 spiro atoms. The first-order valence-corrected chi connectivity index (χ1v) is 7.69. The lowest BCUT2D eigenvalue weighted by Gasteiger charge is -2.23. The maximum absolute atomic E-state index is 12.0. The van der Waals surface area contributed by atoms with Crippen LogP contribution in [-0.2, 0) is 4.79 Å². The lowest BCUT2D eigenvalue weighted by atomic mass is 10.1. The molecular formula is C14H23N3OS. The molecule has 1 aromatic carbocycles. The molecule has 1 amide bonds. The summed E-state index contributed by atoms with van der Waals surface area (Å²) in [6.07, 6.45) is 2.07. The van der Waals surface area contributed by atoms with E-state index in [0.717, 1.165) is 17.0 Å². The molecule has 0 fully saturated rings. The van der Waals surface area contributed by atoms with Crippen LogP contribution in [0.5, 0.6) is 0 Å². The van der Waals surface area contributed by atoms with E-state index < -0.39 is 0 Å². The highest BCUT2D eigenvalue weighted by Gasteiger charge is 2.13. The summed E-state index contributed by atoms with van der Waals surface area (Å²) in [7, 11) is 1.96. The zero-order chi connectivity index (χ0) is 14.4. The van der Waals surface area contributed by atoms with E-state index in [-0.39, 0.29) is 5.91 Å². The number of nitrogens with one attached hydrogen (secondary N) is 1. The Labute approximate surface area is 119 Å². The van der Waals surface area contributed by atoms with Crippen molar-refractivity contribution in [3.05, 3.63) is 23.8 Å². The Morgan fingerprint density at radius 3 is 2.84 bits per heavy atom. The third kappa shape index (κ3) is 4.76. The molecule has 5 heteroatoms. The number of carbonyl (C=O) groups excluding carboxylic acids is 1. The van der Waals surface area contributed by atoms with E-state index in [1.54, 1.807) is 11.8 Å². The van der Waals surface area contributed by atoms with Gasteiger partial charge in [0.05, 0.1) is 6.54 Å². The fraction of sp³-hybridized carbons (Fsp3) is 0.500. The van der Waals surface area contributed by atoms with Gasteiger partial charge in [-0.3, -0.25) is 9.69 Å². The van der Waals surface area contributed by atoms with Gasteiger partial charge in [0.1, 0.15) is 0 Å². The number of nitrogens with two attached hydrogens (primary N) is 1. The number of carbonyl (C=O) groups is 1. The summed E-state index contributed by atoms with van der Waals surface area (Å²) in [5, 5.41) is 2.91. The number of rotatable bonds is 6. The number of amides is 1. The van der Waals surface area contributed by atoms with Gasteiger partial charge >= 0.3 is 0 Å². The fourth-order valence-electron chi connectivity index (χ4n) is 1.73. The molecule has 0 heterocycles. The highest BCUT2D eigenvalue weighted by atomic mass is 32.2. The Balaban J connectivity index is 2.58. The highest BCUT2D eigenvalue weighted by molar-refractivity contribution is 7.98. The van der Waals surface area contributed by atoms with E-state index in [0.29, 0.717) is 18.3 Å². The quantitative estimate of drug-likeness (QED) is 0.785. The topological polar surface area (TPSA) is 58.4 Å². The predicted molar refractivity (Wildman–Crippen MR) is 84.7 cm³/mol. The molecule has 0 aliphatic carbocycles. The second kappa shape index (κ2) is 7.40. The molecule has 0 saturated carbocycles. The molecule has 4 nitrogen and oxygen atoms in total. The average Bonchev–Trinajstić information content (AvgIpc) is 2.35. The van der Waals surface area contributed by atoms with E-state index in [2.05, 4.69) is 18.5 Å². The van der Waals surface area contributed by atoms with E-state index in [9.17, 15) is 4.79 Å². The number of benzene rings is 1. The molecule has 1 aromatic rings. The minimum atomic E-state index is -0.0100. The Bertz CT molecular complexity index is 437. The Hall–Kier alpha value is -1.20. The van der Waals surface area contributed by atoms with E-state index in [1.807, 2.05) is 37.1 Å². The van der Waals surface area contributed by atoms with Gasteiger partial charge in [0.15, 0.2) is 0 Å². The molecule has 1 rings (SSSR count). The highest BCUT2D eigenvalue weighted by Crippen LogP contribution is 2.20. The monoisotopic (exact) mass is 281 g/mol. The van der Waals surface area contributed by atoms with Crippen LogP contribution in [0.4, 0.5) is 11.4 Å². The summed E-state index contributed by atoms with van der Waals surface area (Å²) in [6.45, 7) is 4.41. The maximum Gasteiger partial charge on any atom is 0.238 e. The molecule has 0 radical (unpaired) electrons. The molecule has 0 saturated heterocycles. The van der Waals surface area contributed by atoms with Crippen molar-refractivity contribution in [3.63, 3.8) is 0 Å². The smallest absolute Gasteiger partial charge is 0.238 e. The van der Waals surface area contributed by atoms with Gasteiger partial charge in [-0.1, -0.05) is 6.07 Å². The summed E-state index contributed by atoms with van der Waals surface area (Å²) in [5.74, 6) is 1.00. The third-order valence-electron chi connectivity index (χ3n) is 3.20. The van der Waals surface area contributed by atoms with Crippen LogP contribution in [-0.4, -0.2) is 42.4 Å². The average molecular weight is 281 g/mol. The second-order valence-electron chi connectivity index (χ2n) is 4.79. The minimum Gasteiger partial charge on any atom is -0.398 e. The van der Waals surface area contributed by atoms with Gasteiger partial charge in [0.2, 0.25) is 5.91 Å². The van der Waals surface area contributed by atoms with Gasteiger partial charge in [-0.25, -0.2) is 0 Å². The fourth-order valence-corrected chi connectivity index (χ4v) is 2.47. The van der Waals surface area contributed by atoms with Gasteiger partial charge in [-0.05, 0) is 44.8 Å². The first-order chi connectivity index (χ1) is 8.95. The van der Waals surface area contributed by atoms with Crippen LogP contribution >= 0.6 is 11.8 Å². The number of nitrogens with zero attached hydrogens (tertiary/aromatic N) is 1. The number of thioether (sulfide) groups is 1. The predicted octanol–water partition coefficient (Wildman–Crippen LogP) is 2.20. The lowest BCUT2D eigenvalue weighted by Crippen LogP contribution is -2.37. The minimum absolute atomic E-state index is 0.0100. The molecule has 0 aromatic heterocycles. The lowest BCUT2D eigenvalue weighted by molar-refractivity contribution is -0.117. The van der Waals surface area contributed by atoms with Gasteiger partial charge in [0.25, 0.3) is 0 Å². The summed E-state index contributed by atoms with van der Waals surface area (Å²) in [6, 6.07) is 5.92. The van der Waals surface area contributed by atoms with Gasteiger partial charge in [0, 0.05) is 23.2 Å². The van der Waals surface area contributed by atoms with Crippen LogP contribution in [0.3, 0.4) is 0 Å². The van der Waals surface area contributed by atoms with Crippen molar-refractivity contribution < 1.29 is 4.79 Å². The standard InChI is InChI=1S/C14H23N3OS/c1-10(9-19-4)17(3)8-14(18)16-13-7-5-6-12(15)11(13)2/h5-7,10H,8-9,15H2,1-4H3,(H,16,18). The summed E-state index contributed by atoms with van der Waals surface area (Å²) in [5.41, 5.74) is 8.22. The van der Waals surface area contributed by atoms with E-state index in [4.69, 9.17) is 5.73 Å². The van der Waals surface area contributed by atoms with Crippen molar-refractivity contribution >= 4 is 29.0 Å². The maximum atomic E-state index is 12.0. The SMILES string of the molecule is CSCC(C)N(C)CC(=O)Nc1cccc(N)c1C. The molecule has 0 aliphatic heterocycles. The summed E-state index contributed by atoms with van der Waals surface area (Å²) >= 11 is 1.78. The van der Waals surface area contributed by atoms with Gasteiger partial charge < -0.3 is 11.1 Å². The molecule has 0 aliphatic rings. The zero-order valence-electron chi connectivity index (χ0n) is 12.1. The first kappa shape index (κ1) is 15.9.